The lowest BCUT2D eigenvalue weighted by atomic mass is 10.4. The molecule has 9 heavy (non-hydrogen) atoms. The smallest absolute Gasteiger partial charge is 0.0468 e. The van der Waals surface area contributed by atoms with Gasteiger partial charge in [0.25, 0.3) is 0 Å². The molecule has 0 nitrogen and oxygen atoms in total. The predicted molar refractivity (Wildman–Crippen MR) is 51.9 cm³/mol. The fourth-order valence-corrected chi connectivity index (χ4v) is 7.74. The van der Waals surface area contributed by atoms with Crippen molar-refractivity contribution in [3.8, 4) is 0 Å². The molecule has 0 saturated carbocycles. The molecule has 1 saturated heterocycles. The first-order valence-electron chi connectivity index (χ1n) is 3.59. The molecule has 0 aromatic rings. The van der Waals surface area contributed by atoms with Crippen molar-refractivity contribution >= 4 is 30.4 Å². The summed E-state index contributed by atoms with van der Waals surface area (Å²) >= 11 is 0. The van der Waals surface area contributed by atoms with Crippen LogP contribution in [0.1, 0.15) is 12.8 Å². The third-order valence-corrected chi connectivity index (χ3v) is 8.83. The maximum atomic E-state index is 2.46. The zero-order valence-corrected chi connectivity index (χ0v) is 8.88. The lowest BCUT2D eigenvalue weighted by Crippen LogP contribution is -2.22. The summed E-state index contributed by atoms with van der Waals surface area (Å²) in [6.07, 6.45) is 2.97. The van der Waals surface area contributed by atoms with Crippen LogP contribution in [-0.2, 0) is 0 Å². The maximum Gasteiger partial charge on any atom is 0.0468 e. The van der Waals surface area contributed by atoms with E-state index in [1.807, 2.05) is 0 Å². The van der Waals surface area contributed by atoms with E-state index in [0.717, 1.165) is 4.87 Å². The highest BCUT2D eigenvalue weighted by atomic mass is 33.1. The lowest BCUT2D eigenvalue weighted by molar-refractivity contribution is 0.862. The second-order valence-corrected chi connectivity index (χ2v) is 9.35. The summed E-state index contributed by atoms with van der Waals surface area (Å²) in [6.45, 7) is 4.92. The van der Waals surface area contributed by atoms with Crippen LogP contribution in [0.3, 0.4) is 0 Å². The minimum absolute atomic E-state index is 0.310. The van der Waals surface area contributed by atoms with Crippen molar-refractivity contribution in [3.63, 3.8) is 0 Å². The Morgan fingerprint density at radius 3 is 2.56 bits per heavy atom. The fourth-order valence-electron chi connectivity index (χ4n) is 0.972. The summed E-state index contributed by atoms with van der Waals surface area (Å²) in [5, 5.41) is 0. The van der Waals surface area contributed by atoms with Crippen LogP contribution in [0.15, 0.2) is 0 Å². The molecule has 0 bridgehead atoms. The Labute approximate surface area is 67.2 Å². The van der Waals surface area contributed by atoms with Crippen molar-refractivity contribution in [1.29, 1.82) is 0 Å². The SMILES string of the molecule is C[SiH](C)C1CCCSS1. The van der Waals surface area contributed by atoms with Gasteiger partial charge in [-0.25, -0.2) is 0 Å². The van der Waals surface area contributed by atoms with E-state index in [1.165, 1.54) is 18.6 Å². The van der Waals surface area contributed by atoms with Crippen LogP contribution in [0.2, 0.25) is 13.1 Å². The molecule has 0 radical (unpaired) electrons. The number of hydrogen-bond acceptors (Lipinski definition) is 2. The predicted octanol–water partition coefficient (Wildman–Crippen LogP) is 2.56. The topological polar surface area (TPSA) is 0 Å². The second-order valence-electron chi connectivity index (χ2n) is 2.84. The van der Waals surface area contributed by atoms with Crippen molar-refractivity contribution in [2.75, 3.05) is 5.75 Å². The molecule has 0 aliphatic carbocycles. The monoisotopic (exact) mass is 178 g/mol. The summed E-state index contributed by atoms with van der Waals surface area (Å²) in [5.41, 5.74) is 0. The first-order valence-corrected chi connectivity index (χ1v) is 8.95. The standard InChI is InChI=1S/C6H14S2Si/c1-9(2)6-4-3-5-7-8-6/h6,9H,3-5H2,1-2H3. The average Bonchev–Trinajstić information content (AvgIpc) is 1.90. The van der Waals surface area contributed by atoms with Crippen molar-refractivity contribution in [2.24, 2.45) is 0 Å². The Balaban J connectivity index is 2.23. The summed E-state index contributed by atoms with van der Waals surface area (Å²) < 4.78 is 0. The van der Waals surface area contributed by atoms with Crippen LogP contribution < -0.4 is 0 Å². The number of hydrogen-bond donors (Lipinski definition) is 0. The highest BCUT2D eigenvalue weighted by molar-refractivity contribution is 8.77. The van der Waals surface area contributed by atoms with Gasteiger partial charge < -0.3 is 0 Å². The third kappa shape index (κ3) is 2.56. The van der Waals surface area contributed by atoms with Gasteiger partial charge in [0, 0.05) is 19.4 Å². The average molecular weight is 178 g/mol. The Kier molecular flexibility index (Phi) is 3.51. The van der Waals surface area contributed by atoms with Crippen molar-refractivity contribution in [1.82, 2.24) is 0 Å². The fraction of sp³-hybridized carbons (Fsp3) is 1.00. The van der Waals surface area contributed by atoms with Gasteiger partial charge in [-0.1, -0.05) is 34.7 Å². The van der Waals surface area contributed by atoms with Gasteiger partial charge in [-0.05, 0) is 12.8 Å². The van der Waals surface area contributed by atoms with Crippen LogP contribution in [0.5, 0.6) is 0 Å². The molecule has 0 aromatic heterocycles. The molecule has 0 N–H and O–H groups in total. The minimum atomic E-state index is -0.310. The Morgan fingerprint density at radius 1 is 1.44 bits per heavy atom. The van der Waals surface area contributed by atoms with E-state index in [9.17, 15) is 0 Å². The molecule has 1 fully saturated rings. The molecule has 1 aliphatic rings. The summed E-state index contributed by atoms with van der Waals surface area (Å²) in [7, 11) is 3.92. The molecule has 1 rings (SSSR count). The Bertz CT molecular complexity index is 79.1. The zero-order valence-electron chi connectivity index (χ0n) is 6.09. The molecule has 0 spiro atoms. The van der Waals surface area contributed by atoms with E-state index in [0.29, 0.717) is 0 Å². The molecule has 1 aliphatic heterocycles. The first kappa shape index (κ1) is 8.02. The van der Waals surface area contributed by atoms with E-state index in [4.69, 9.17) is 0 Å². The first-order chi connectivity index (χ1) is 4.30. The molecule has 0 aromatic carbocycles. The Hall–Kier alpha value is 0.917. The minimum Gasteiger partial charge on any atom is -0.0942 e. The van der Waals surface area contributed by atoms with Gasteiger partial charge in [0.1, 0.15) is 0 Å². The van der Waals surface area contributed by atoms with Crippen LogP contribution in [0.4, 0.5) is 0 Å². The van der Waals surface area contributed by atoms with Crippen molar-refractivity contribution in [2.45, 2.75) is 30.8 Å². The highest BCUT2D eigenvalue weighted by Gasteiger charge is 2.18. The molecule has 1 unspecified atom stereocenters. The van der Waals surface area contributed by atoms with E-state index < -0.39 is 0 Å². The van der Waals surface area contributed by atoms with Gasteiger partial charge >= 0.3 is 0 Å². The van der Waals surface area contributed by atoms with Gasteiger partial charge in [0.15, 0.2) is 0 Å². The normalized spacial score (nSPS) is 29.0. The number of rotatable bonds is 1. The van der Waals surface area contributed by atoms with Crippen LogP contribution in [0.25, 0.3) is 0 Å². The quantitative estimate of drug-likeness (QED) is 0.447. The zero-order chi connectivity index (χ0) is 6.69. The molecule has 54 valence electrons. The molecular formula is C6H14S2Si. The highest BCUT2D eigenvalue weighted by Crippen LogP contribution is 2.36. The molecule has 1 heterocycles. The third-order valence-electron chi connectivity index (χ3n) is 1.65. The second kappa shape index (κ2) is 3.94. The largest absolute Gasteiger partial charge is 0.0942 e. The van der Waals surface area contributed by atoms with Crippen molar-refractivity contribution < 1.29 is 0 Å². The van der Waals surface area contributed by atoms with Crippen LogP contribution in [0, 0.1) is 0 Å². The molecular weight excluding hydrogens is 164 g/mol. The van der Waals surface area contributed by atoms with E-state index in [1.54, 1.807) is 0 Å². The summed E-state index contributed by atoms with van der Waals surface area (Å²) in [4.78, 5) is 1.07. The van der Waals surface area contributed by atoms with Gasteiger partial charge in [-0.3, -0.25) is 0 Å². The van der Waals surface area contributed by atoms with Gasteiger partial charge in [0.05, 0.1) is 0 Å². The molecule has 3 heteroatoms. The van der Waals surface area contributed by atoms with E-state index in [2.05, 4.69) is 34.7 Å². The van der Waals surface area contributed by atoms with Gasteiger partial charge in [-0.15, -0.1) is 0 Å². The lowest BCUT2D eigenvalue weighted by Gasteiger charge is -2.22. The molecule has 0 amide bonds. The summed E-state index contributed by atoms with van der Waals surface area (Å²) in [6, 6.07) is 0. The Morgan fingerprint density at radius 2 is 2.22 bits per heavy atom. The van der Waals surface area contributed by atoms with Crippen LogP contribution >= 0.6 is 21.6 Å². The van der Waals surface area contributed by atoms with Crippen molar-refractivity contribution in [3.05, 3.63) is 0 Å². The van der Waals surface area contributed by atoms with E-state index >= 15 is 0 Å². The van der Waals surface area contributed by atoms with Gasteiger partial charge in [-0.2, -0.15) is 0 Å². The van der Waals surface area contributed by atoms with Gasteiger partial charge in [0.2, 0.25) is 0 Å². The maximum absolute atomic E-state index is 2.46. The molecule has 1 atom stereocenters. The van der Waals surface area contributed by atoms with Crippen LogP contribution in [-0.4, -0.2) is 19.4 Å². The summed E-state index contributed by atoms with van der Waals surface area (Å²) in [5.74, 6) is 1.39. The van der Waals surface area contributed by atoms with E-state index in [-0.39, 0.29) is 8.80 Å².